The highest BCUT2D eigenvalue weighted by Gasteiger charge is 2.26. The van der Waals surface area contributed by atoms with E-state index in [4.69, 9.17) is 0 Å². The highest BCUT2D eigenvalue weighted by molar-refractivity contribution is 6.03. The zero-order valence-electron chi connectivity index (χ0n) is 12.0. The molecule has 1 fully saturated rings. The second-order valence-corrected chi connectivity index (χ2v) is 5.63. The summed E-state index contributed by atoms with van der Waals surface area (Å²) in [7, 11) is 2.02. The minimum absolute atomic E-state index is 0.0494. The predicted octanol–water partition coefficient (Wildman–Crippen LogP) is 2.23. The first-order valence-electron chi connectivity index (χ1n) is 7.11. The lowest BCUT2D eigenvalue weighted by Crippen LogP contribution is -2.53. The molecule has 1 atom stereocenters. The van der Waals surface area contributed by atoms with Crippen molar-refractivity contribution >= 4 is 16.6 Å². The fourth-order valence-electron chi connectivity index (χ4n) is 2.81. The number of ketones is 1. The Balaban J connectivity index is 1.93. The molecule has 3 heteroatoms. The van der Waals surface area contributed by atoms with E-state index >= 15 is 0 Å². The van der Waals surface area contributed by atoms with Gasteiger partial charge in [0.25, 0.3) is 0 Å². The van der Waals surface area contributed by atoms with Crippen LogP contribution < -0.4 is 5.32 Å². The van der Waals surface area contributed by atoms with Crippen LogP contribution in [-0.2, 0) is 0 Å². The van der Waals surface area contributed by atoms with Gasteiger partial charge in [-0.1, -0.05) is 35.9 Å². The second-order valence-electron chi connectivity index (χ2n) is 5.63. The quantitative estimate of drug-likeness (QED) is 0.848. The number of rotatable bonds is 2. The van der Waals surface area contributed by atoms with Crippen molar-refractivity contribution in [2.75, 3.05) is 26.7 Å². The first-order valence-corrected chi connectivity index (χ1v) is 7.11. The molecule has 0 aliphatic carbocycles. The number of carbonyl (C=O) groups is 1. The molecule has 0 bridgehead atoms. The third-order valence-electron chi connectivity index (χ3n) is 4.09. The zero-order valence-corrected chi connectivity index (χ0v) is 12.0. The van der Waals surface area contributed by atoms with Gasteiger partial charge < -0.3 is 5.32 Å². The molecule has 2 aromatic carbocycles. The molecule has 3 rings (SSSR count). The summed E-state index contributed by atoms with van der Waals surface area (Å²) in [5.41, 5.74) is 2.05. The Morgan fingerprint density at radius 3 is 2.75 bits per heavy atom. The number of benzene rings is 2. The molecule has 0 radical (unpaired) electrons. The van der Waals surface area contributed by atoms with Crippen molar-refractivity contribution in [3.63, 3.8) is 0 Å². The Hall–Kier alpha value is -1.71. The van der Waals surface area contributed by atoms with Crippen LogP contribution in [0.1, 0.15) is 15.9 Å². The van der Waals surface area contributed by atoms with Gasteiger partial charge >= 0.3 is 0 Å². The average molecular weight is 268 g/mol. The van der Waals surface area contributed by atoms with Crippen molar-refractivity contribution in [2.24, 2.45) is 0 Å². The maximum Gasteiger partial charge on any atom is 0.181 e. The molecular formula is C17H20N2O. The number of nitrogens with one attached hydrogen (secondary N) is 1. The van der Waals surface area contributed by atoms with Crippen LogP contribution in [0.25, 0.3) is 10.8 Å². The predicted molar refractivity (Wildman–Crippen MR) is 82.3 cm³/mol. The van der Waals surface area contributed by atoms with E-state index in [1.54, 1.807) is 0 Å². The van der Waals surface area contributed by atoms with Crippen LogP contribution in [0, 0.1) is 6.92 Å². The maximum absolute atomic E-state index is 12.6. The Morgan fingerprint density at radius 2 is 1.95 bits per heavy atom. The van der Waals surface area contributed by atoms with Crippen molar-refractivity contribution in [2.45, 2.75) is 13.0 Å². The summed E-state index contributed by atoms with van der Waals surface area (Å²) in [4.78, 5) is 14.8. The number of Topliss-reactive ketones (excluding diaryl/α,β-unsaturated/α-hetero) is 1. The van der Waals surface area contributed by atoms with E-state index in [2.05, 4.69) is 35.3 Å². The van der Waals surface area contributed by atoms with Crippen LogP contribution in [0.15, 0.2) is 36.4 Å². The summed E-state index contributed by atoms with van der Waals surface area (Å²) in [5, 5.41) is 5.62. The van der Waals surface area contributed by atoms with Crippen molar-refractivity contribution in [1.82, 2.24) is 10.2 Å². The van der Waals surface area contributed by atoms with Gasteiger partial charge in [0.2, 0.25) is 0 Å². The summed E-state index contributed by atoms with van der Waals surface area (Å²) in [5.74, 6) is 0.210. The third-order valence-corrected chi connectivity index (χ3v) is 4.09. The number of hydrogen-bond donors (Lipinski definition) is 1. The average Bonchev–Trinajstić information content (AvgIpc) is 2.46. The maximum atomic E-state index is 12.6. The van der Waals surface area contributed by atoms with Crippen LogP contribution in [-0.4, -0.2) is 43.4 Å². The van der Waals surface area contributed by atoms with Crippen LogP contribution in [0.4, 0.5) is 0 Å². The first-order chi connectivity index (χ1) is 9.65. The number of likely N-dealkylation sites (N-methyl/N-ethyl adjacent to an activating group) is 1. The number of aryl methyl sites for hydroxylation is 1. The molecule has 2 aromatic rings. The SMILES string of the molecule is Cc1ccc2cc(C(=O)C3CNCCN3C)ccc2c1. The normalized spacial score (nSPS) is 20.2. The van der Waals surface area contributed by atoms with Crippen LogP contribution in [0.5, 0.6) is 0 Å². The van der Waals surface area contributed by atoms with Gasteiger partial charge in [-0.2, -0.15) is 0 Å². The van der Waals surface area contributed by atoms with Gasteiger partial charge in [-0.3, -0.25) is 9.69 Å². The molecule has 3 nitrogen and oxygen atoms in total. The van der Waals surface area contributed by atoms with E-state index in [0.717, 1.165) is 30.6 Å². The van der Waals surface area contributed by atoms with E-state index in [-0.39, 0.29) is 11.8 Å². The fraction of sp³-hybridized carbons (Fsp3) is 0.353. The molecule has 1 unspecified atom stereocenters. The van der Waals surface area contributed by atoms with E-state index in [9.17, 15) is 4.79 Å². The number of nitrogens with zero attached hydrogens (tertiary/aromatic N) is 1. The zero-order chi connectivity index (χ0) is 14.1. The molecule has 0 spiro atoms. The van der Waals surface area contributed by atoms with E-state index < -0.39 is 0 Å². The van der Waals surface area contributed by atoms with Gasteiger partial charge in [0, 0.05) is 25.2 Å². The molecule has 1 aliphatic rings. The Bertz CT molecular complexity index is 650. The summed E-state index contributed by atoms with van der Waals surface area (Å²) in [6.07, 6.45) is 0. The topological polar surface area (TPSA) is 32.3 Å². The van der Waals surface area contributed by atoms with Gasteiger partial charge in [0.1, 0.15) is 0 Å². The number of hydrogen-bond acceptors (Lipinski definition) is 3. The standard InChI is InChI=1S/C17H20N2O/c1-12-3-4-14-10-15(6-5-13(14)9-12)17(20)16-11-18-7-8-19(16)2/h3-6,9-10,16,18H,7-8,11H2,1-2H3. The van der Waals surface area contributed by atoms with Crippen molar-refractivity contribution in [3.8, 4) is 0 Å². The highest BCUT2D eigenvalue weighted by atomic mass is 16.1. The Kier molecular flexibility index (Phi) is 3.55. The molecule has 0 saturated carbocycles. The second kappa shape index (κ2) is 5.35. The van der Waals surface area contributed by atoms with Crippen molar-refractivity contribution in [1.29, 1.82) is 0 Å². The van der Waals surface area contributed by atoms with Crippen molar-refractivity contribution in [3.05, 3.63) is 47.5 Å². The number of piperazine rings is 1. The fourth-order valence-corrected chi connectivity index (χ4v) is 2.81. The molecule has 20 heavy (non-hydrogen) atoms. The van der Waals surface area contributed by atoms with Gasteiger partial charge in [-0.25, -0.2) is 0 Å². The van der Waals surface area contributed by atoms with Crippen molar-refractivity contribution < 1.29 is 4.79 Å². The van der Waals surface area contributed by atoms with Crippen LogP contribution in [0.3, 0.4) is 0 Å². The molecule has 0 aromatic heterocycles. The summed E-state index contributed by atoms with van der Waals surface area (Å²) in [6, 6.07) is 12.3. The Labute approximate surface area is 119 Å². The molecule has 1 saturated heterocycles. The highest BCUT2D eigenvalue weighted by Crippen LogP contribution is 2.19. The lowest BCUT2D eigenvalue weighted by atomic mass is 9.98. The summed E-state index contributed by atoms with van der Waals surface area (Å²) in [6.45, 7) is 4.70. The Morgan fingerprint density at radius 1 is 1.20 bits per heavy atom. The molecule has 1 aliphatic heterocycles. The monoisotopic (exact) mass is 268 g/mol. The van der Waals surface area contributed by atoms with E-state index in [0.29, 0.717) is 0 Å². The lowest BCUT2D eigenvalue weighted by Gasteiger charge is -2.31. The third kappa shape index (κ3) is 2.47. The van der Waals surface area contributed by atoms with Gasteiger partial charge in [0.05, 0.1) is 6.04 Å². The van der Waals surface area contributed by atoms with E-state index in [1.807, 2.05) is 25.2 Å². The van der Waals surface area contributed by atoms with E-state index in [1.165, 1.54) is 10.9 Å². The summed E-state index contributed by atoms with van der Waals surface area (Å²) < 4.78 is 0. The van der Waals surface area contributed by atoms with Gasteiger partial charge in [-0.15, -0.1) is 0 Å². The minimum atomic E-state index is -0.0494. The number of fused-ring (bicyclic) bond motifs is 1. The molecule has 1 heterocycles. The smallest absolute Gasteiger partial charge is 0.181 e. The number of carbonyl (C=O) groups excluding carboxylic acids is 1. The minimum Gasteiger partial charge on any atom is -0.313 e. The summed E-state index contributed by atoms with van der Waals surface area (Å²) >= 11 is 0. The lowest BCUT2D eigenvalue weighted by molar-refractivity contribution is 0.0819. The molecule has 1 N–H and O–H groups in total. The molecular weight excluding hydrogens is 248 g/mol. The van der Waals surface area contributed by atoms with Crippen LogP contribution in [0.2, 0.25) is 0 Å². The molecule has 104 valence electrons. The largest absolute Gasteiger partial charge is 0.313 e. The van der Waals surface area contributed by atoms with Gasteiger partial charge in [-0.05, 0) is 30.8 Å². The van der Waals surface area contributed by atoms with Gasteiger partial charge in [0.15, 0.2) is 5.78 Å². The first kappa shape index (κ1) is 13.3. The van der Waals surface area contributed by atoms with Crippen LogP contribution >= 0.6 is 0 Å². The molecule has 0 amide bonds.